The first-order valence-electron chi connectivity index (χ1n) is 8.68. The molecule has 1 saturated carbocycles. The second-order valence-electron chi connectivity index (χ2n) is 6.98. The van der Waals surface area contributed by atoms with Gasteiger partial charge in [-0.3, -0.25) is 24.1 Å². The lowest BCUT2D eigenvalue weighted by molar-refractivity contribution is -0.154. The van der Waals surface area contributed by atoms with Crippen molar-refractivity contribution < 1.29 is 23.9 Å². The summed E-state index contributed by atoms with van der Waals surface area (Å²) < 4.78 is 4.91. The summed E-state index contributed by atoms with van der Waals surface area (Å²) in [5.74, 6) is -2.51. The van der Waals surface area contributed by atoms with Crippen LogP contribution < -0.4 is 5.32 Å². The maximum atomic E-state index is 12.5. The number of halogens is 1. The molecular weight excluding hydrogens is 372 g/mol. The molecule has 3 amide bonds. The van der Waals surface area contributed by atoms with E-state index in [1.54, 1.807) is 24.3 Å². The Morgan fingerprint density at radius 1 is 1.15 bits per heavy atom. The molecule has 2 bridgehead atoms. The van der Waals surface area contributed by atoms with Crippen molar-refractivity contribution in [2.45, 2.75) is 6.42 Å². The molecule has 1 saturated heterocycles. The zero-order valence-corrected chi connectivity index (χ0v) is 15.0. The molecule has 8 heteroatoms. The number of imide groups is 1. The van der Waals surface area contributed by atoms with Crippen LogP contribution in [0.3, 0.4) is 0 Å². The zero-order chi connectivity index (χ0) is 19.1. The number of benzene rings is 1. The van der Waals surface area contributed by atoms with Crippen LogP contribution in [0.25, 0.3) is 0 Å². The number of rotatable bonds is 5. The highest BCUT2D eigenvalue weighted by Gasteiger charge is 2.59. The second-order valence-corrected chi connectivity index (χ2v) is 7.42. The molecule has 7 nitrogen and oxygen atoms in total. The largest absolute Gasteiger partial charge is 0.454 e. The zero-order valence-electron chi connectivity index (χ0n) is 14.3. The summed E-state index contributed by atoms with van der Waals surface area (Å²) in [7, 11) is 0. The highest BCUT2D eigenvalue weighted by Crippen LogP contribution is 2.52. The molecule has 0 spiro atoms. The van der Waals surface area contributed by atoms with E-state index in [1.165, 1.54) is 0 Å². The molecule has 4 rings (SSSR count). The van der Waals surface area contributed by atoms with Gasteiger partial charge in [-0.1, -0.05) is 29.8 Å². The van der Waals surface area contributed by atoms with Gasteiger partial charge in [0, 0.05) is 10.7 Å². The smallest absolute Gasteiger partial charge is 0.326 e. The predicted molar refractivity (Wildman–Crippen MR) is 95.5 cm³/mol. The standard InChI is InChI=1S/C19H17ClN2O5/c20-12-2-1-3-13(7-12)21-14(23)9-27-15(24)8-22-18(25)16-10-4-5-11(6-10)17(16)19(22)26/h1-5,7,10-11,16-17H,6,8-9H2,(H,21,23)/t10-,11-,16-,17+/m1/s1. The minimum absolute atomic E-state index is 0.0842. The number of likely N-dealkylation sites (tertiary alicyclic amines) is 1. The average Bonchev–Trinajstić information content (AvgIpc) is 3.30. The van der Waals surface area contributed by atoms with Gasteiger partial charge < -0.3 is 10.1 Å². The molecule has 140 valence electrons. The van der Waals surface area contributed by atoms with E-state index in [0.717, 1.165) is 11.3 Å². The molecule has 0 radical (unpaired) electrons. The quantitative estimate of drug-likeness (QED) is 0.470. The van der Waals surface area contributed by atoms with Crippen LogP contribution in [0.4, 0.5) is 5.69 Å². The molecule has 1 aromatic carbocycles. The Hall–Kier alpha value is -2.67. The van der Waals surface area contributed by atoms with Gasteiger partial charge in [-0.25, -0.2) is 0 Å². The van der Waals surface area contributed by atoms with E-state index in [2.05, 4.69) is 5.32 Å². The van der Waals surface area contributed by atoms with Gasteiger partial charge in [0.2, 0.25) is 11.8 Å². The van der Waals surface area contributed by atoms with Crippen molar-refractivity contribution in [3.8, 4) is 0 Å². The fourth-order valence-corrected chi connectivity index (χ4v) is 4.39. The Kier molecular flexibility index (Phi) is 4.47. The first kappa shape index (κ1) is 17.7. The van der Waals surface area contributed by atoms with E-state index in [0.29, 0.717) is 10.7 Å². The summed E-state index contributed by atoms with van der Waals surface area (Å²) >= 11 is 5.83. The molecule has 2 fully saturated rings. The number of allylic oxidation sites excluding steroid dienone is 2. The lowest BCUT2D eigenvalue weighted by atomic mass is 9.85. The third-order valence-electron chi connectivity index (χ3n) is 5.32. The van der Waals surface area contributed by atoms with E-state index in [1.807, 2.05) is 12.2 Å². The fraction of sp³-hybridized carbons (Fsp3) is 0.368. The van der Waals surface area contributed by atoms with E-state index >= 15 is 0 Å². The molecule has 1 N–H and O–H groups in total. The van der Waals surface area contributed by atoms with Gasteiger partial charge in [0.05, 0.1) is 11.8 Å². The Morgan fingerprint density at radius 3 is 2.44 bits per heavy atom. The molecule has 27 heavy (non-hydrogen) atoms. The Labute approximate surface area is 160 Å². The Morgan fingerprint density at radius 2 is 1.81 bits per heavy atom. The molecule has 3 aliphatic rings. The highest BCUT2D eigenvalue weighted by molar-refractivity contribution is 6.30. The van der Waals surface area contributed by atoms with Crippen LogP contribution in [0.2, 0.25) is 5.02 Å². The topological polar surface area (TPSA) is 92.8 Å². The lowest BCUT2D eigenvalue weighted by Crippen LogP contribution is -2.38. The van der Waals surface area contributed by atoms with Gasteiger partial charge in [-0.05, 0) is 36.5 Å². The number of amides is 3. The first-order chi connectivity index (χ1) is 12.9. The van der Waals surface area contributed by atoms with Gasteiger partial charge in [0.25, 0.3) is 5.91 Å². The molecule has 1 heterocycles. The van der Waals surface area contributed by atoms with Gasteiger partial charge in [-0.2, -0.15) is 0 Å². The number of hydrogen-bond donors (Lipinski definition) is 1. The van der Waals surface area contributed by atoms with Crippen molar-refractivity contribution in [3.05, 3.63) is 41.4 Å². The number of anilines is 1. The van der Waals surface area contributed by atoms with Gasteiger partial charge in [0.1, 0.15) is 6.54 Å². The van der Waals surface area contributed by atoms with Gasteiger partial charge >= 0.3 is 5.97 Å². The van der Waals surface area contributed by atoms with Crippen LogP contribution in [-0.4, -0.2) is 41.7 Å². The molecule has 1 aromatic rings. The van der Waals surface area contributed by atoms with Crippen LogP contribution in [0.1, 0.15) is 6.42 Å². The number of nitrogens with one attached hydrogen (secondary N) is 1. The monoisotopic (exact) mass is 388 g/mol. The lowest BCUT2D eigenvalue weighted by Gasteiger charge is -2.16. The summed E-state index contributed by atoms with van der Waals surface area (Å²) in [4.78, 5) is 49.9. The average molecular weight is 389 g/mol. The number of fused-ring (bicyclic) bond motifs is 5. The number of nitrogens with zero attached hydrogens (tertiary/aromatic N) is 1. The van der Waals surface area contributed by atoms with E-state index in [-0.39, 0.29) is 35.5 Å². The number of carbonyl (C=O) groups is 4. The Balaban J connectivity index is 1.29. The van der Waals surface area contributed by atoms with E-state index in [9.17, 15) is 19.2 Å². The first-order valence-corrected chi connectivity index (χ1v) is 9.06. The molecular formula is C19H17ClN2O5. The van der Waals surface area contributed by atoms with E-state index in [4.69, 9.17) is 16.3 Å². The van der Waals surface area contributed by atoms with Crippen LogP contribution in [-0.2, 0) is 23.9 Å². The highest BCUT2D eigenvalue weighted by atomic mass is 35.5. The number of hydrogen-bond acceptors (Lipinski definition) is 5. The minimum atomic E-state index is -0.793. The van der Waals surface area contributed by atoms with Crippen LogP contribution in [0.15, 0.2) is 36.4 Å². The van der Waals surface area contributed by atoms with Crippen molar-refractivity contribution in [1.82, 2.24) is 4.90 Å². The van der Waals surface area contributed by atoms with Crippen molar-refractivity contribution in [1.29, 1.82) is 0 Å². The van der Waals surface area contributed by atoms with Crippen LogP contribution >= 0.6 is 11.6 Å². The SMILES string of the molecule is O=C(COC(=O)CN1C(=O)[C@@H]2[C@H](C1=O)[C@@H]1C=C[C@@H]2C1)Nc1cccc(Cl)c1. The fourth-order valence-electron chi connectivity index (χ4n) is 4.20. The summed E-state index contributed by atoms with van der Waals surface area (Å²) in [6, 6.07) is 6.55. The number of carbonyl (C=O) groups excluding carboxylic acids is 4. The maximum Gasteiger partial charge on any atom is 0.326 e. The molecule has 1 aliphatic heterocycles. The summed E-state index contributed by atoms with van der Waals surface area (Å²) in [5, 5.41) is 3.01. The summed E-state index contributed by atoms with van der Waals surface area (Å²) in [6.45, 7) is -0.976. The van der Waals surface area contributed by atoms with Crippen LogP contribution in [0, 0.1) is 23.7 Å². The normalized spacial score (nSPS) is 27.8. The number of ether oxygens (including phenoxy) is 1. The molecule has 4 atom stereocenters. The predicted octanol–water partition coefficient (Wildman–Crippen LogP) is 1.63. The maximum absolute atomic E-state index is 12.5. The Bertz CT molecular complexity index is 837. The van der Waals surface area contributed by atoms with Crippen molar-refractivity contribution in [2.75, 3.05) is 18.5 Å². The molecule has 0 aromatic heterocycles. The van der Waals surface area contributed by atoms with Crippen molar-refractivity contribution >= 4 is 41.0 Å². The third-order valence-corrected chi connectivity index (χ3v) is 5.56. The van der Waals surface area contributed by atoms with Crippen molar-refractivity contribution in [3.63, 3.8) is 0 Å². The van der Waals surface area contributed by atoms with Crippen LogP contribution in [0.5, 0.6) is 0 Å². The summed E-state index contributed by atoms with van der Waals surface area (Å²) in [5.41, 5.74) is 0.476. The van der Waals surface area contributed by atoms with Crippen molar-refractivity contribution in [2.24, 2.45) is 23.7 Å². The van der Waals surface area contributed by atoms with Gasteiger partial charge in [0.15, 0.2) is 6.61 Å². The third kappa shape index (κ3) is 3.23. The minimum Gasteiger partial charge on any atom is -0.454 e. The van der Waals surface area contributed by atoms with E-state index < -0.39 is 25.0 Å². The van der Waals surface area contributed by atoms with Gasteiger partial charge in [-0.15, -0.1) is 0 Å². The number of esters is 1. The second kappa shape index (κ2) is 6.81. The molecule has 2 aliphatic carbocycles. The summed E-state index contributed by atoms with van der Waals surface area (Å²) in [6.07, 6.45) is 4.80. The molecule has 0 unspecified atom stereocenters.